The lowest BCUT2D eigenvalue weighted by molar-refractivity contribution is -0.134. The minimum Gasteiger partial charge on any atom is -0.373 e. The van der Waals surface area contributed by atoms with Crippen molar-refractivity contribution in [3.8, 4) is 0 Å². The van der Waals surface area contributed by atoms with Gasteiger partial charge in [0.25, 0.3) is 0 Å². The number of piperidine rings is 1. The lowest BCUT2D eigenvalue weighted by Crippen LogP contribution is -2.51. The SMILES string of the molecule is CC1CN(CC2CCCN2C(=O)CC2CCNCC2)CC(C)O1. The molecule has 23 heavy (non-hydrogen) atoms. The highest BCUT2D eigenvalue weighted by molar-refractivity contribution is 5.77. The third kappa shape index (κ3) is 4.68. The molecule has 0 bridgehead atoms. The predicted molar refractivity (Wildman–Crippen MR) is 91.4 cm³/mol. The smallest absolute Gasteiger partial charge is 0.223 e. The van der Waals surface area contributed by atoms with Crippen LogP contribution >= 0.6 is 0 Å². The van der Waals surface area contributed by atoms with Crippen LogP contribution in [0.5, 0.6) is 0 Å². The van der Waals surface area contributed by atoms with E-state index in [9.17, 15) is 4.79 Å². The molecule has 132 valence electrons. The number of amides is 1. The van der Waals surface area contributed by atoms with Gasteiger partial charge >= 0.3 is 0 Å². The standard InChI is InChI=1S/C18H33N3O2/c1-14-11-20(12-15(2)23-14)13-17-4-3-9-21(17)18(22)10-16-5-7-19-8-6-16/h14-17,19H,3-13H2,1-2H3. The molecule has 3 unspecified atom stereocenters. The lowest BCUT2D eigenvalue weighted by Gasteiger charge is -2.38. The Labute approximate surface area is 140 Å². The van der Waals surface area contributed by atoms with E-state index < -0.39 is 0 Å². The van der Waals surface area contributed by atoms with E-state index >= 15 is 0 Å². The van der Waals surface area contributed by atoms with Gasteiger partial charge in [0, 0.05) is 38.6 Å². The van der Waals surface area contributed by atoms with Gasteiger partial charge in [0.1, 0.15) is 0 Å². The summed E-state index contributed by atoms with van der Waals surface area (Å²) in [5, 5.41) is 3.39. The van der Waals surface area contributed by atoms with Crippen molar-refractivity contribution in [2.75, 3.05) is 39.3 Å². The number of carbonyl (C=O) groups is 1. The Morgan fingerprint density at radius 2 is 1.83 bits per heavy atom. The number of nitrogens with one attached hydrogen (secondary N) is 1. The van der Waals surface area contributed by atoms with Crippen LogP contribution in [0.3, 0.4) is 0 Å². The number of hydrogen-bond donors (Lipinski definition) is 1. The predicted octanol–water partition coefficient (Wildman–Crippen LogP) is 1.48. The molecule has 3 saturated heterocycles. The van der Waals surface area contributed by atoms with Crippen LogP contribution in [-0.2, 0) is 9.53 Å². The van der Waals surface area contributed by atoms with E-state index in [1.807, 2.05) is 0 Å². The van der Waals surface area contributed by atoms with E-state index in [0.29, 0.717) is 30.1 Å². The van der Waals surface area contributed by atoms with Gasteiger partial charge in [-0.2, -0.15) is 0 Å². The zero-order chi connectivity index (χ0) is 16.2. The topological polar surface area (TPSA) is 44.8 Å². The molecule has 3 aliphatic heterocycles. The first-order valence-corrected chi connectivity index (χ1v) is 9.50. The fourth-order valence-electron chi connectivity index (χ4n) is 4.54. The highest BCUT2D eigenvalue weighted by atomic mass is 16.5. The Hall–Kier alpha value is -0.650. The normalized spacial score (nSPS) is 34.0. The monoisotopic (exact) mass is 323 g/mol. The zero-order valence-corrected chi connectivity index (χ0v) is 14.8. The van der Waals surface area contributed by atoms with Crippen molar-refractivity contribution in [1.82, 2.24) is 15.1 Å². The molecular weight excluding hydrogens is 290 g/mol. The second kappa shape index (κ2) is 7.95. The van der Waals surface area contributed by atoms with E-state index in [4.69, 9.17) is 4.74 Å². The molecule has 3 aliphatic rings. The van der Waals surface area contributed by atoms with Crippen molar-refractivity contribution in [2.24, 2.45) is 5.92 Å². The molecule has 3 rings (SSSR count). The van der Waals surface area contributed by atoms with Gasteiger partial charge in [-0.1, -0.05) is 0 Å². The highest BCUT2D eigenvalue weighted by Gasteiger charge is 2.33. The van der Waals surface area contributed by atoms with Crippen LogP contribution in [0.15, 0.2) is 0 Å². The second-order valence-corrected chi connectivity index (χ2v) is 7.76. The first kappa shape index (κ1) is 17.2. The molecule has 0 radical (unpaired) electrons. The molecular formula is C18H33N3O2. The van der Waals surface area contributed by atoms with E-state index in [1.54, 1.807) is 0 Å². The van der Waals surface area contributed by atoms with Crippen molar-refractivity contribution in [3.05, 3.63) is 0 Å². The molecule has 1 amide bonds. The van der Waals surface area contributed by atoms with Crippen LogP contribution in [0.2, 0.25) is 0 Å². The average Bonchev–Trinajstić information content (AvgIpc) is 2.95. The number of carbonyl (C=O) groups excluding carboxylic acids is 1. The van der Waals surface area contributed by atoms with Gasteiger partial charge in [0.15, 0.2) is 0 Å². The van der Waals surface area contributed by atoms with Crippen molar-refractivity contribution >= 4 is 5.91 Å². The van der Waals surface area contributed by atoms with Crippen molar-refractivity contribution in [3.63, 3.8) is 0 Å². The summed E-state index contributed by atoms with van der Waals surface area (Å²) in [6.07, 6.45) is 6.01. The maximum atomic E-state index is 12.8. The minimum atomic E-state index is 0.305. The maximum Gasteiger partial charge on any atom is 0.223 e. The van der Waals surface area contributed by atoms with Crippen LogP contribution < -0.4 is 5.32 Å². The van der Waals surface area contributed by atoms with E-state index in [1.165, 1.54) is 0 Å². The quantitative estimate of drug-likeness (QED) is 0.851. The van der Waals surface area contributed by atoms with E-state index in [2.05, 4.69) is 29.0 Å². The average molecular weight is 323 g/mol. The molecule has 3 atom stereocenters. The molecule has 0 aromatic rings. The molecule has 0 saturated carbocycles. The van der Waals surface area contributed by atoms with Gasteiger partial charge in [-0.25, -0.2) is 0 Å². The third-order valence-corrected chi connectivity index (χ3v) is 5.58. The van der Waals surface area contributed by atoms with Crippen molar-refractivity contribution in [2.45, 2.75) is 64.2 Å². The van der Waals surface area contributed by atoms with Gasteiger partial charge in [-0.15, -0.1) is 0 Å². The van der Waals surface area contributed by atoms with Crippen LogP contribution in [0.4, 0.5) is 0 Å². The maximum absolute atomic E-state index is 12.8. The first-order chi connectivity index (χ1) is 11.1. The first-order valence-electron chi connectivity index (χ1n) is 9.50. The molecule has 0 aromatic heterocycles. The minimum absolute atomic E-state index is 0.305. The summed E-state index contributed by atoms with van der Waals surface area (Å²) < 4.78 is 5.83. The number of ether oxygens (including phenoxy) is 1. The third-order valence-electron chi connectivity index (χ3n) is 5.58. The largest absolute Gasteiger partial charge is 0.373 e. The highest BCUT2D eigenvalue weighted by Crippen LogP contribution is 2.24. The van der Waals surface area contributed by atoms with Gasteiger partial charge in [-0.3, -0.25) is 9.69 Å². The molecule has 0 aliphatic carbocycles. The van der Waals surface area contributed by atoms with Crippen LogP contribution in [0.25, 0.3) is 0 Å². The van der Waals surface area contributed by atoms with Gasteiger partial charge < -0.3 is 15.0 Å². The summed E-state index contributed by atoms with van der Waals surface area (Å²) >= 11 is 0. The van der Waals surface area contributed by atoms with Gasteiger partial charge in [0.2, 0.25) is 5.91 Å². The molecule has 0 aromatic carbocycles. The summed E-state index contributed by atoms with van der Waals surface area (Å²) in [6, 6.07) is 0.418. The Morgan fingerprint density at radius 1 is 1.13 bits per heavy atom. The van der Waals surface area contributed by atoms with Crippen LogP contribution in [0.1, 0.15) is 46.0 Å². The van der Waals surface area contributed by atoms with E-state index in [-0.39, 0.29) is 0 Å². The number of hydrogen-bond acceptors (Lipinski definition) is 4. The zero-order valence-electron chi connectivity index (χ0n) is 14.8. The lowest BCUT2D eigenvalue weighted by atomic mass is 9.94. The van der Waals surface area contributed by atoms with Crippen LogP contribution in [-0.4, -0.2) is 73.2 Å². The van der Waals surface area contributed by atoms with E-state index in [0.717, 1.165) is 71.4 Å². The fraction of sp³-hybridized carbons (Fsp3) is 0.944. The molecule has 3 heterocycles. The molecule has 0 spiro atoms. The summed E-state index contributed by atoms with van der Waals surface area (Å²) in [6.45, 7) is 10.4. The summed E-state index contributed by atoms with van der Waals surface area (Å²) in [5.41, 5.74) is 0. The van der Waals surface area contributed by atoms with Crippen LogP contribution in [0, 0.1) is 5.92 Å². The van der Waals surface area contributed by atoms with Crippen molar-refractivity contribution in [1.29, 1.82) is 0 Å². The second-order valence-electron chi connectivity index (χ2n) is 7.76. The van der Waals surface area contributed by atoms with Crippen molar-refractivity contribution < 1.29 is 9.53 Å². The molecule has 3 fully saturated rings. The Bertz CT molecular complexity index is 388. The number of morpholine rings is 1. The summed E-state index contributed by atoms with van der Waals surface area (Å²) in [4.78, 5) is 17.4. The fourth-order valence-corrected chi connectivity index (χ4v) is 4.54. The Balaban J connectivity index is 1.51. The molecule has 1 N–H and O–H groups in total. The summed E-state index contributed by atoms with van der Waals surface area (Å²) in [7, 11) is 0. The molecule has 5 heteroatoms. The summed E-state index contributed by atoms with van der Waals surface area (Å²) in [5.74, 6) is 0.988. The Morgan fingerprint density at radius 3 is 2.52 bits per heavy atom. The number of likely N-dealkylation sites (tertiary alicyclic amines) is 1. The number of rotatable bonds is 4. The molecule has 5 nitrogen and oxygen atoms in total. The van der Waals surface area contributed by atoms with Gasteiger partial charge in [0.05, 0.1) is 12.2 Å². The Kier molecular flexibility index (Phi) is 5.94. The van der Waals surface area contributed by atoms with Gasteiger partial charge in [-0.05, 0) is 58.5 Å². The number of nitrogens with zero attached hydrogens (tertiary/aromatic N) is 2.